The molecule has 1 heterocycles. The average molecular weight is 207 g/mol. The van der Waals surface area contributed by atoms with E-state index in [-0.39, 0.29) is 0 Å². The number of carbonyl (C=O) groups excluding carboxylic acids is 1. The van der Waals surface area contributed by atoms with Gasteiger partial charge in [0.2, 0.25) is 0 Å². The molecule has 0 N–H and O–H groups in total. The Balaban J connectivity index is 2.54. The van der Waals surface area contributed by atoms with Crippen molar-refractivity contribution in [2.45, 2.75) is 4.90 Å². The van der Waals surface area contributed by atoms with Crippen molar-refractivity contribution in [1.82, 2.24) is 0 Å². The molecular weight excluding hydrogens is 198 g/mol. The van der Waals surface area contributed by atoms with Crippen molar-refractivity contribution in [3.8, 4) is 0 Å². The van der Waals surface area contributed by atoms with Crippen LogP contribution in [0.25, 0.3) is 0 Å². The molecule has 1 aromatic rings. The molecule has 72 valence electrons. The molecule has 0 bridgehead atoms. The van der Waals surface area contributed by atoms with Gasteiger partial charge in [0.25, 0.3) is 5.91 Å². The lowest BCUT2D eigenvalue weighted by Gasteiger charge is -2.09. The minimum Gasteiger partial charge on any atom is -0.267 e. The maximum absolute atomic E-state index is 12.2. The van der Waals surface area contributed by atoms with Crippen LogP contribution < -0.4 is 0 Å². The summed E-state index contributed by atoms with van der Waals surface area (Å²) in [5, 5.41) is 0. The second-order valence-corrected chi connectivity index (χ2v) is 5.22. The summed E-state index contributed by atoms with van der Waals surface area (Å²) in [4.78, 5) is 11.6. The number of benzene rings is 1. The number of carbonyl (C=O) groups is 1. The van der Waals surface area contributed by atoms with Crippen molar-refractivity contribution >= 4 is 15.6 Å². The van der Waals surface area contributed by atoms with Gasteiger partial charge in [-0.3, -0.25) is 4.79 Å². The number of hydrogen-bond donors (Lipinski definition) is 0. The molecule has 0 aliphatic carbocycles. The first-order valence-electron chi connectivity index (χ1n) is 4.21. The van der Waals surface area contributed by atoms with Gasteiger partial charge in [-0.1, -0.05) is 24.3 Å². The molecule has 1 amide bonds. The molecule has 2 rings (SSSR count). The molecule has 14 heavy (non-hydrogen) atoms. The number of nitrogens with zero attached hydrogens (tertiary/aromatic N) is 1. The fourth-order valence-corrected chi connectivity index (χ4v) is 2.94. The van der Waals surface area contributed by atoms with Gasteiger partial charge in [-0.2, -0.15) is 4.36 Å². The van der Waals surface area contributed by atoms with Gasteiger partial charge in [0.15, 0.2) is 0 Å². The van der Waals surface area contributed by atoms with E-state index >= 15 is 0 Å². The number of amides is 1. The van der Waals surface area contributed by atoms with Gasteiger partial charge in [0.05, 0.1) is 15.5 Å². The molecule has 4 heteroatoms. The largest absolute Gasteiger partial charge is 0.277 e. The summed E-state index contributed by atoms with van der Waals surface area (Å²) < 4.78 is 15.9. The Labute approximate surface area is 82.6 Å². The summed E-state index contributed by atoms with van der Waals surface area (Å²) in [7, 11) is -2.53. The lowest BCUT2D eigenvalue weighted by molar-refractivity contribution is -0.113. The second-order valence-electron chi connectivity index (χ2n) is 2.95. The SMILES string of the molecule is O=C1C=CCS(=O)(c2ccccc2)=N1. The Bertz CT molecular complexity index is 496. The number of rotatable bonds is 1. The van der Waals surface area contributed by atoms with Crippen molar-refractivity contribution in [1.29, 1.82) is 0 Å². The first-order valence-corrected chi connectivity index (χ1v) is 5.89. The summed E-state index contributed by atoms with van der Waals surface area (Å²) in [6.45, 7) is 0. The fourth-order valence-electron chi connectivity index (χ4n) is 1.27. The zero-order valence-corrected chi connectivity index (χ0v) is 8.24. The highest BCUT2D eigenvalue weighted by atomic mass is 32.2. The topological polar surface area (TPSA) is 46.5 Å². The lowest BCUT2D eigenvalue weighted by Crippen LogP contribution is -2.11. The van der Waals surface area contributed by atoms with Gasteiger partial charge < -0.3 is 0 Å². The summed E-state index contributed by atoms with van der Waals surface area (Å²) in [6, 6.07) is 8.89. The molecule has 0 radical (unpaired) electrons. The maximum atomic E-state index is 12.2. The van der Waals surface area contributed by atoms with E-state index in [1.807, 2.05) is 6.07 Å². The fraction of sp³-hybridized carbons (Fsp3) is 0.100. The molecule has 1 aliphatic rings. The van der Waals surface area contributed by atoms with Crippen LogP contribution in [0.3, 0.4) is 0 Å². The van der Waals surface area contributed by atoms with Crippen LogP contribution in [0.15, 0.2) is 51.7 Å². The quantitative estimate of drug-likeness (QED) is 0.702. The van der Waals surface area contributed by atoms with Crippen molar-refractivity contribution < 1.29 is 9.00 Å². The predicted octanol–water partition coefficient (Wildman–Crippen LogP) is 1.61. The molecular formula is C10H9NO2S. The zero-order valence-electron chi connectivity index (χ0n) is 7.42. The van der Waals surface area contributed by atoms with E-state index in [0.29, 0.717) is 10.6 Å². The first kappa shape index (κ1) is 9.15. The van der Waals surface area contributed by atoms with Gasteiger partial charge in [0, 0.05) is 11.0 Å². The Kier molecular flexibility index (Phi) is 2.21. The van der Waals surface area contributed by atoms with E-state index < -0.39 is 15.6 Å². The molecule has 1 aromatic carbocycles. The van der Waals surface area contributed by atoms with Crippen molar-refractivity contribution in [3.63, 3.8) is 0 Å². The van der Waals surface area contributed by atoms with E-state index in [0.717, 1.165) is 0 Å². The second kappa shape index (κ2) is 3.38. The molecule has 1 aliphatic heterocycles. The van der Waals surface area contributed by atoms with Crippen LogP contribution in [0.4, 0.5) is 0 Å². The third-order valence-electron chi connectivity index (χ3n) is 1.93. The molecule has 1 unspecified atom stereocenters. The van der Waals surface area contributed by atoms with Gasteiger partial charge in [0.1, 0.15) is 0 Å². The molecule has 3 nitrogen and oxygen atoms in total. The van der Waals surface area contributed by atoms with Gasteiger partial charge in [-0.05, 0) is 12.1 Å². The van der Waals surface area contributed by atoms with Gasteiger partial charge >= 0.3 is 0 Å². The minimum absolute atomic E-state index is 0.322. The molecule has 0 spiro atoms. The molecule has 0 aromatic heterocycles. The lowest BCUT2D eigenvalue weighted by atomic mass is 10.4. The first-order chi connectivity index (χ1) is 6.71. The molecule has 0 saturated heterocycles. The third-order valence-corrected chi connectivity index (χ3v) is 4.06. The Hall–Kier alpha value is -1.42. The summed E-state index contributed by atoms with van der Waals surface area (Å²) in [6.07, 6.45) is 2.97. The van der Waals surface area contributed by atoms with Crippen molar-refractivity contribution in [2.75, 3.05) is 5.75 Å². The zero-order chi connectivity index (χ0) is 10.0. The van der Waals surface area contributed by atoms with Crippen LogP contribution in [0.1, 0.15) is 0 Å². The minimum atomic E-state index is -2.53. The average Bonchev–Trinajstić information content (AvgIpc) is 2.19. The molecule has 0 saturated carbocycles. The molecule has 1 atom stereocenters. The standard InChI is InChI=1S/C10H9NO2S/c12-10-7-4-8-14(13,11-10)9-5-2-1-3-6-9/h1-7H,8H2. The highest BCUT2D eigenvalue weighted by molar-refractivity contribution is 7.94. The molecule has 0 fully saturated rings. The van der Waals surface area contributed by atoms with Crippen molar-refractivity contribution in [3.05, 3.63) is 42.5 Å². The highest BCUT2D eigenvalue weighted by Crippen LogP contribution is 2.16. The highest BCUT2D eigenvalue weighted by Gasteiger charge is 2.15. The normalized spacial score (nSPS) is 25.9. The van der Waals surface area contributed by atoms with Crippen molar-refractivity contribution in [2.24, 2.45) is 4.36 Å². The van der Waals surface area contributed by atoms with Gasteiger partial charge in [-0.15, -0.1) is 0 Å². The Morgan fingerprint density at radius 1 is 1.21 bits per heavy atom. The number of hydrogen-bond acceptors (Lipinski definition) is 2. The van der Waals surface area contributed by atoms with Crippen LogP contribution in [0, 0.1) is 0 Å². The Morgan fingerprint density at radius 3 is 2.57 bits per heavy atom. The van der Waals surface area contributed by atoms with Crippen LogP contribution in [-0.4, -0.2) is 15.9 Å². The van der Waals surface area contributed by atoms with E-state index in [9.17, 15) is 9.00 Å². The third kappa shape index (κ3) is 1.61. The smallest absolute Gasteiger partial charge is 0.267 e. The van der Waals surface area contributed by atoms with Crippen LogP contribution in [0.5, 0.6) is 0 Å². The van der Waals surface area contributed by atoms with E-state index in [1.54, 1.807) is 30.3 Å². The summed E-state index contributed by atoms with van der Waals surface area (Å²) >= 11 is 0. The van der Waals surface area contributed by atoms with E-state index in [1.165, 1.54) is 6.08 Å². The maximum Gasteiger partial charge on any atom is 0.277 e. The van der Waals surface area contributed by atoms with Gasteiger partial charge in [-0.25, -0.2) is 4.21 Å². The van der Waals surface area contributed by atoms with Crippen LogP contribution in [0.2, 0.25) is 0 Å². The van der Waals surface area contributed by atoms with Crippen LogP contribution >= 0.6 is 0 Å². The summed E-state index contributed by atoms with van der Waals surface area (Å²) in [5.74, 6) is -0.0898. The van der Waals surface area contributed by atoms with E-state index in [2.05, 4.69) is 4.36 Å². The van der Waals surface area contributed by atoms with E-state index in [4.69, 9.17) is 0 Å². The predicted molar refractivity (Wildman–Crippen MR) is 54.3 cm³/mol. The summed E-state index contributed by atoms with van der Waals surface area (Å²) in [5.41, 5.74) is 0. The Morgan fingerprint density at radius 2 is 1.93 bits per heavy atom. The van der Waals surface area contributed by atoms with Crippen LogP contribution in [-0.2, 0) is 14.5 Å². The monoisotopic (exact) mass is 207 g/mol.